The van der Waals surface area contributed by atoms with Crippen molar-refractivity contribution in [3.8, 4) is 5.75 Å². The highest BCUT2D eigenvalue weighted by molar-refractivity contribution is 5.84. The van der Waals surface area contributed by atoms with Crippen molar-refractivity contribution in [1.29, 1.82) is 0 Å². The van der Waals surface area contributed by atoms with Gasteiger partial charge in [-0.1, -0.05) is 25.5 Å². The second-order valence-electron chi connectivity index (χ2n) is 9.33. The van der Waals surface area contributed by atoms with Crippen molar-refractivity contribution in [2.45, 2.75) is 32.7 Å². The molecular weight excluding hydrogens is 463 g/mol. The van der Waals surface area contributed by atoms with E-state index in [9.17, 15) is 9.59 Å². The van der Waals surface area contributed by atoms with E-state index in [1.165, 1.54) is 31.1 Å². The van der Waals surface area contributed by atoms with E-state index in [0.29, 0.717) is 29.6 Å². The molecule has 0 unspecified atom stereocenters. The van der Waals surface area contributed by atoms with Crippen molar-refractivity contribution < 1.29 is 18.3 Å². The molecule has 0 aliphatic carbocycles. The summed E-state index contributed by atoms with van der Waals surface area (Å²) in [5, 5.41) is 3.82. The van der Waals surface area contributed by atoms with Gasteiger partial charge in [-0.15, -0.1) is 0 Å². The summed E-state index contributed by atoms with van der Waals surface area (Å²) in [6, 6.07) is 8.30. The highest BCUT2D eigenvalue weighted by atomic mass is 19.1. The molecule has 1 fully saturated rings. The van der Waals surface area contributed by atoms with E-state index in [1.807, 2.05) is 18.2 Å². The lowest BCUT2D eigenvalue weighted by Gasteiger charge is -2.28. The Morgan fingerprint density at radius 3 is 2.64 bits per heavy atom. The summed E-state index contributed by atoms with van der Waals surface area (Å²) < 4.78 is 25.9. The van der Waals surface area contributed by atoms with Crippen molar-refractivity contribution in [3.05, 3.63) is 68.8 Å². The van der Waals surface area contributed by atoms with Gasteiger partial charge in [-0.3, -0.25) is 4.90 Å². The number of hydrogen-bond donors (Lipinski definition) is 2. The van der Waals surface area contributed by atoms with E-state index in [0.717, 1.165) is 55.7 Å². The maximum atomic E-state index is 15.1. The lowest BCUT2D eigenvalue weighted by molar-refractivity contribution is 0.170. The topological polar surface area (TPSA) is 101 Å². The summed E-state index contributed by atoms with van der Waals surface area (Å²) in [6.07, 6.45) is 1.32. The molecule has 0 atom stereocenters. The SMILES string of the molecule is CCCc1c(N)cccc1Cc1c(CN2CCNCC2)c2cc(F)c(OC(=O)N(C)C)cc2oc1=O. The number of nitrogens with two attached hydrogens (primary N) is 1. The van der Waals surface area contributed by atoms with Gasteiger partial charge in [0.1, 0.15) is 5.58 Å². The van der Waals surface area contributed by atoms with Gasteiger partial charge < -0.3 is 25.1 Å². The van der Waals surface area contributed by atoms with Crippen molar-refractivity contribution in [2.24, 2.45) is 0 Å². The third kappa shape index (κ3) is 5.52. The molecule has 3 N–H and O–H groups in total. The second-order valence-corrected chi connectivity index (χ2v) is 9.33. The molecule has 0 radical (unpaired) electrons. The Morgan fingerprint density at radius 1 is 1.19 bits per heavy atom. The zero-order valence-electron chi connectivity index (χ0n) is 21.0. The van der Waals surface area contributed by atoms with E-state index in [4.69, 9.17) is 14.9 Å². The van der Waals surface area contributed by atoms with Gasteiger partial charge in [-0.05, 0) is 35.2 Å². The molecule has 8 nitrogen and oxygen atoms in total. The van der Waals surface area contributed by atoms with Crippen LogP contribution >= 0.6 is 0 Å². The molecule has 1 aliphatic rings. The number of carbonyl (C=O) groups excluding carboxylic acids is 1. The molecule has 192 valence electrons. The maximum absolute atomic E-state index is 15.1. The van der Waals surface area contributed by atoms with Gasteiger partial charge in [-0.25, -0.2) is 14.0 Å². The normalized spacial score (nSPS) is 14.2. The van der Waals surface area contributed by atoms with Crippen LogP contribution < -0.4 is 21.4 Å². The minimum Gasteiger partial charge on any atom is -0.422 e. The number of anilines is 1. The zero-order chi connectivity index (χ0) is 25.8. The number of amides is 1. The van der Waals surface area contributed by atoms with Crippen molar-refractivity contribution in [1.82, 2.24) is 15.1 Å². The predicted molar refractivity (Wildman–Crippen MR) is 138 cm³/mol. The Hall–Kier alpha value is -3.43. The average Bonchev–Trinajstić information content (AvgIpc) is 2.85. The number of nitrogen functional groups attached to an aromatic ring is 1. The van der Waals surface area contributed by atoms with Crippen LogP contribution in [0.2, 0.25) is 0 Å². The summed E-state index contributed by atoms with van der Waals surface area (Å²) in [5.41, 5.74) is 9.83. The van der Waals surface area contributed by atoms with Crippen LogP contribution in [0.3, 0.4) is 0 Å². The third-order valence-corrected chi connectivity index (χ3v) is 6.50. The first-order valence-corrected chi connectivity index (χ1v) is 12.2. The Balaban J connectivity index is 1.85. The molecule has 9 heteroatoms. The van der Waals surface area contributed by atoms with E-state index >= 15 is 4.39 Å². The van der Waals surface area contributed by atoms with Crippen LogP contribution in [0.4, 0.5) is 14.9 Å². The molecule has 1 aromatic heterocycles. The fourth-order valence-corrected chi connectivity index (χ4v) is 4.58. The summed E-state index contributed by atoms with van der Waals surface area (Å²) in [4.78, 5) is 28.8. The lowest BCUT2D eigenvalue weighted by Crippen LogP contribution is -2.43. The standard InChI is InChI=1S/C27H33FN4O4/c1-4-6-18-17(7-5-8-23(18)29)13-20-21(16-32-11-9-30-10-12-32)19-14-22(28)25(36-27(34)31(2)3)15-24(19)35-26(20)33/h5,7-8,14-15,30H,4,6,9-13,16,29H2,1-3H3. The maximum Gasteiger partial charge on any atom is 0.414 e. The van der Waals surface area contributed by atoms with Crippen LogP contribution in [0.15, 0.2) is 39.5 Å². The van der Waals surface area contributed by atoms with Crippen LogP contribution in [0, 0.1) is 5.82 Å². The van der Waals surface area contributed by atoms with Gasteiger partial charge >= 0.3 is 11.7 Å². The Kier molecular flexibility index (Phi) is 7.91. The van der Waals surface area contributed by atoms with Crippen LogP contribution in [0.5, 0.6) is 5.75 Å². The first-order valence-electron chi connectivity index (χ1n) is 12.2. The predicted octanol–water partition coefficient (Wildman–Crippen LogP) is 3.52. The number of rotatable bonds is 7. The molecule has 2 heterocycles. The monoisotopic (exact) mass is 496 g/mol. The summed E-state index contributed by atoms with van der Waals surface area (Å²) in [5.74, 6) is -0.985. The molecule has 1 aliphatic heterocycles. The number of fused-ring (bicyclic) bond motifs is 1. The molecule has 0 spiro atoms. The Bertz CT molecular complexity index is 1320. The summed E-state index contributed by atoms with van der Waals surface area (Å²) in [6.45, 7) is 5.84. The van der Waals surface area contributed by atoms with Gasteiger partial charge in [0.25, 0.3) is 0 Å². The molecule has 3 aromatic rings. The van der Waals surface area contributed by atoms with Crippen LogP contribution in [0.25, 0.3) is 11.0 Å². The van der Waals surface area contributed by atoms with Gasteiger partial charge in [0, 0.05) is 75.9 Å². The fraction of sp³-hybridized carbons (Fsp3) is 0.407. The van der Waals surface area contributed by atoms with Crippen LogP contribution in [-0.4, -0.2) is 56.2 Å². The van der Waals surface area contributed by atoms with E-state index in [1.54, 1.807) is 0 Å². The van der Waals surface area contributed by atoms with Gasteiger partial charge in [0.05, 0.1) is 0 Å². The van der Waals surface area contributed by atoms with Crippen molar-refractivity contribution >= 4 is 22.7 Å². The molecule has 1 saturated heterocycles. The second kappa shape index (κ2) is 11.1. The Labute approximate surface area is 209 Å². The molecule has 0 saturated carbocycles. The number of ether oxygens (including phenoxy) is 1. The minimum atomic E-state index is -0.724. The lowest BCUT2D eigenvalue weighted by atomic mass is 9.93. The largest absolute Gasteiger partial charge is 0.422 e. The van der Waals surface area contributed by atoms with Crippen LogP contribution in [0.1, 0.15) is 35.6 Å². The molecule has 4 rings (SSSR count). The molecule has 0 bridgehead atoms. The summed E-state index contributed by atoms with van der Waals surface area (Å²) >= 11 is 0. The summed E-state index contributed by atoms with van der Waals surface area (Å²) in [7, 11) is 3.00. The first kappa shape index (κ1) is 25.7. The molecule has 2 aromatic carbocycles. The fourth-order valence-electron chi connectivity index (χ4n) is 4.58. The highest BCUT2D eigenvalue weighted by Gasteiger charge is 2.23. The van der Waals surface area contributed by atoms with E-state index in [-0.39, 0.29) is 11.3 Å². The molecular formula is C27H33FN4O4. The highest BCUT2D eigenvalue weighted by Crippen LogP contribution is 2.31. The van der Waals surface area contributed by atoms with Crippen molar-refractivity contribution in [3.63, 3.8) is 0 Å². The zero-order valence-corrected chi connectivity index (χ0v) is 21.0. The number of nitrogens with zero attached hydrogens (tertiary/aromatic N) is 2. The van der Waals surface area contributed by atoms with E-state index in [2.05, 4.69) is 17.1 Å². The number of piperazine rings is 1. The first-order chi connectivity index (χ1) is 17.3. The van der Waals surface area contributed by atoms with Crippen molar-refractivity contribution in [2.75, 3.05) is 46.0 Å². The number of halogens is 1. The van der Waals surface area contributed by atoms with E-state index < -0.39 is 17.5 Å². The number of hydrogen-bond acceptors (Lipinski definition) is 7. The number of benzene rings is 2. The quantitative estimate of drug-likeness (QED) is 0.381. The average molecular weight is 497 g/mol. The van der Waals surface area contributed by atoms with Gasteiger partial charge in [0.2, 0.25) is 0 Å². The number of nitrogens with one attached hydrogen (secondary N) is 1. The van der Waals surface area contributed by atoms with Gasteiger partial charge in [-0.2, -0.15) is 0 Å². The number of carbonyl (C=O) groups is 1. The van der Waals surface area contributed by atoms with Crippen LogP contribution in [-0.2, 0) is 19.4 Å². The molecule has 1 amide bonds. The minimum absolute atomic E-state index is 0.179. The Morgan fingerprint density at radius 2 is 1.94 bits per heavy atom. The van der Waals surface area contributed by atoms with Gasteiger partial charge in [0.15, 0.2) is 11.6 Å². The molecule has 36 heavy (non-hydrogen) atoms. The third-order valence-electron chi connectivity index (χ3n) is 6.50. The smallest absolute Gasteiger partial charge is 0.414 e.